The molecule has 1 fully saturated rings. The van der Waals surface area contributed by atoms with Crippen LogP contribution in [0.4, 0.5) is 9.93 Å². The maximum absolute atomic E-state index is 11.6. The number of thioether (sulfide) groups is 1. The Labute approximate surface area is 113 Å². The van der Waals surface area contributed by atoms with Gasteiger partial charge in [0.1, 0.15) is 5.01 Å². The number of amides is 2. The fraction of sp³-hybridized carbons (Fsp3) is 0.600. The van der Waals surface area contributed by atoms with Gasteiger partial charge in [0.2, 0.25) is 11.0 Å². The highest BCUT2D eigenvalue weighted by atomic mass is 32.2. The number of nitrogens with zero attached hydrogens (tertiary/aromatic N) is 3. The normalized spacial score (nSPS) is 16.2. The van der Waals surface area contributed by atoms with Crippen molar-refractivity contribution >= 4 is 39.4 Å². The summed E-state index contributed by atoms with van der Waals surface area (Å²) in [4.78, 5) is 24.5. The molecule has 98 valence electrons. The van der Waals surface area contributed by atoms with Gasteiger partial charge >= 0.3 is 0 Å². The molecule has 18 heavy (non-hydrogen) atoms. The quantitative estimate of drug-likeness (QED) is 0.891. The van der Waals surface area contributed by atoms with E-state index >= 15 is 0 Å². The number of hydrogen-bond acceptors (Lipinski definition) is 7. The number of imide groups is 1. The van der Waals surface area contributed by atoms with E-state index in [4.69, 9.17) is 0 Å². The van der Waals surface area contributed by atoms with Gasteiger partial charge in [-0.05, 0) is 6.42 Å². The third-order valence-corrected chi connectivity index (χ3v) is 4.09. The Hall–Kier alpha value is -1.15. The van der Waals surface area contributed by atoms with Crippen LogP contribution in [0, 0.1) is 0 Å². The van der Waals surface area contributed by atoms with E-state index in [1.54, 1.807) is 0 Å². The molecule has 0 spiro atoms. The number of rotatable bonds is 5. The van der Waals surface area contributed by atoms with Gasteiger partial charge in [0.15, 0.2) is 0 Å². The molecule has 0 aromatic carbocycles. The van der Waals surface area contributed by atoms with Gasteiger partial charge in [0, 0.05) is 18.7 Å². The van der Waals surface area contributed by atoms with E-state index in [9.17, 15) is 9.59 Å². The van der Waals surface area contributed by atoms with Crippen LogP contribution in [0.1, 0.15) is 24.8 Å². The van der Waals surface area contributed by atoms with Gasteiger partial charge in [0.25, 0.3) is 5.24 Å². The van der Waals surface area contributed by atoms with Gasteiger partial charge in [-0.1, -0.05) is 30.0 Å². The molecule has 0 atom stereocenters. The summed E-state index contributed by atoms with van der Waals surface area (Å²) in [5.74, 6) is 0.449. The molecule has 1 aromatic rings. The number of aromatic nitrogens is 2. The summed E-state index contributed by atoms with van der Waals surface area (Å²) in [6, 6.07) is 0. The average molecular weight is 286 g/mol. The highest BCUT2D eigenvalue weighted by molar-refractivity contribution is 8.13. The van der Waals surface area contributed by atoms with Crippen LogP contribution in [0.2, 0.25) is 0 Å². The maximum Gasteiger partial charge on any atom is 0.288 e. The van der Waals surface area contributed by atoms with Crippen LogP contribution in [-0.4, -0.2) is 38.5 Å². The first kappa shape index (κ1) is 13.3. The molecular formula is C10H14N4O2S2. The summed E-state index contributed by atoms with van der Waals surface area (Å²) in [6.07, 6.45) is 1.42. The second-order valence-corrected chi connectivity index (χ2v) is 5.88. The number of carbonyl (C=O) groups is 2. The highest BCUT2D eigenvalue weighted by Gasteiger charge is 2.27. The zero-order valence-electron chi connectivity index (χ0n) is 10.0. The molecule has 1 aliphatic heterocycles. The fourth-order valence-corrected chi connectivity index (χ4v) is 2.98. The lowest BCUT2D eigenvalue weighted by molar-refractivity contribution is -0.128. The molecule has 0 bridgehead atoms. The minimum atomic E-state index is -0.190. The molecule has 1 N–H and O–H groups in total. The fourth-order valence-electron chi connectivity index (χ4n) is 1.45. The SMILES string of the molecule is CCCNc1nnc(CN2C(=O)CCSC2=O)s1. The maximum atomic E-state index is 11.6. The first-order valence-corrected chi connectivity index (χ1v) is 7.54. The van der Waals surface area contributed by atoms with Crippen molar-refractivity contribution in [1.82, 2.24) is 15.1 Å². The predicted molar refractivity (Wildman–Crippen MR) is 71.7 cm³/mol. The van der Waals surface area contributed by atoms with Crippen molar-refractivity contribution in [3.8, 4) is 0 Å². The van der Waals surface area contributed by atoms with Gasteiger partial charge in [-0.3, -0.25) is 14.5 Å². The molecule has 0 radical (unpaired) electrons. The van der Waals surface area contributed by atoms with E-state index in [0.29, 0.717) is 17.2 Å². The minimum absolute atomic E-state index is 0.128. The monoisotopic (exact) mass is 286 g/mol. The van der Waals surface area contributed by atoms with Crippen molar-refractivity contribution in [1.29, 1.82) is 0 Å². The highest BCUT2D eigenvalue weighted by Crippen LogP contribution is 2.23. The number of hydrogen-bond donors (Lipinski definition) is 1. The van der Waals surface area contributed by atoms with E-state index in [2.05, 4.69) is 22.4 Å². The molecule has 2 amide bonds. The summed E-state index contributed by atoms with van der Waals surface area (Å²) in [5, 5.41) is 12.3. The summed E-state index contributed by atoms with van der Waals surface area (Å²) in [6.45, 7) is 3.14. The lowest BCUT2D eigenvalue weighted by Crippen LogP contribution is -2.37. The van der Waals surface area contributed by atoms with Crippen LogP contribution in [0.25, 0.3) is 0 Å². The number of anilines is 1. The Kier molecular flexibility index (Phi) is 4.54. The van der Waals surface area contributed by atoms with Crippen LogP contribution in [0.15, 0.2) is 0 Å². The van der Waals surface area contributed by atoms with Crippen molar-refractivity contribution < 1.29 is 9.59 Å². The van der Waals surface area contributed by atoms with Crippen LogP contribution >= 0.6 is 23.1 Å². The van der Waals surface area contributed by atoms with Crippen molar-refractivity contribution in [3.05, 3.63) is 5.01 Å². The van der Waals surface area contributed by atoms with Gasteiger partial charge in [-0.2, -0.15) is 0 Å². The number of carbonyl (C=O) groups excluding carboxylic acids is 2. The summed E-state index contributed by atoms with van der Waals surface area (Å²) < 4.78 is 0. The summed E-state index contributed by atoms with van der Waals surface area (Å²) in [5.41, 5.74) is 0. The molecule has 1 saturated heterocycles. The molecule has 1 aliphatic rings. The van der Waals surface area contributed by atoms with Crippen LogP contribution < -0.4 is 5.32 Å². The smallest absolute Gasteiger partial charge is 0.288 e. The van der Waals surface area contributed by atoms with Crippen molar-refractivity contribution in [2.24, 2.45) is 0 Å². The molecule has 0 saturated carbocycles. The Morgan fingerprint density at radius 1 is 1.39 bits per heavy atom. The Bertz CT molecular complexity index is 433. The van der Waals surface area contributed by atoms with Crippen LogP contribution in [-0.2, 0) is 11.3 Å². The molecule has 6 nitrogen and oxygen atoms in total. The lowest BCUT2D eigenvalue weighted by atomic mass is 10.4. The number of nitrogens with one attached hydrogen (secondary N) is 1. The van der Waals surface area contributed by atoms with E-state index < -0.39 is 0 Å². The van der Waals surface area contributed by atoms with E-state index in [1.165, 1.54) is 28.0 Å². The standard InChI is InChI=1S/C10H14N4O2S2/c1-2-4-11-9-13-12-7(18-9)6-14-8(15)3-5-17-10(14)16/h2-6H2,1H3,(H,11,13). The Morgan fingerprint density at radius 3 is 2.94 bits per heavy atom. The van der Waals surface area contributed by atoms with Crippen LogP contribution in [0.3, 0.4) is 0 Å². The van der Waals surface area contributed by atoms with Gasteiger partial charge in [0.05, 0.1) is 6.54 Å². The van der Waals surface area contributed by atoms with Crippen molar-refractivity contribution in [2.75, 3.05) is 17.6 Å². The largest absolute Gasteiger partial charge is 0.360 e. The van der Waals surface area contributed by atoms with Gasteiger partial charge in [-0.15, -0.1) is 10.2 Å². The van der Waals surface area contributed by atoms with Crippen molar-refractivity contribution in [2.45, 2.75) is 26.3 Å². The van der Waals surface area contributed by atoms with Crippen LogP contribution in [0.5, 0.6) is 0 Å². The third kappa shape index (κ3) is 3.20. The minimum Gasteiger partial charge on any atom is -0.360 e. The van der Waals surface area contributed by atoms with Gasteiger partial charge < -0.3 is 5.32 Å². The molecular weight excluding hydrogens is 272 g/mol. The molecule has 2 rings (SSSR count). The van der Waals surface area contributed by atoms with Gasteiger partial charge in [-0.25, -0.2) is 0 Å². The first-order valence-electron chi connectivity index (χ1n) is 5.74. The first-order chi connectivity index (χ1) is 8.70. The second-order valence-electron chi connectivity index (χ2n) is 3.77. The molecule has 8 heteroatoms. The third-order valence-electron chi connectivity index (χ3n) is 2.35. The second kappa shape index (κ2) is 6.14. The van der Waals surface area contributed by atoms with E-state index in [1.807, 2.05) is 0 Å². The summed E-state index contributed by atoms with van der Waals surface area (Å²) in [7, 11) is 0. The molecule has 0 aliphatic carbocycles. The molecule has 2 heterocycles. The Morgan fingerprint density at radius 2 is 2.22 bits per heavy atom. The molecule has 0 unspecified atom stereocenters. The lowest BCUT2D eigenvalue weighted by Gasteiger charge is -2.22. The van der Waals surface area contributed by atoms with Crippen molar-refractivity contribution in [3.63, 3.8) is 0 Å². The Balaban J connectivity index is 1.97. The molecule has 1 aromatic heterocycles. The summed E-state index contributed by atoms with van der Waals surface area (Å²) >= 11 is 2.56. The zero-order valence-corrected chi connectivity index (χ0v) is 11.6. The van der Waals surface area contributed by atoms with E-state index in [0.717, 1.165) is 18.1 Å². The zero-order chi connectivity index (χ0) is 13.0. The van der Waals surface area contributed by atoms with E-state index in [-0.39, 0.29) is 17.7 Å². The topological polar surface area (TPSA) is 75.2 Å². The average Bonchev–Trinajstić information content (AvgIpc) is 2.79. The predicted octanol–water partition coefficient (Wildman–Crippen LogP) is 1.95.